The summed E-state index contributed by atoms with van der Waals surface area (Å²) in [5.41, 5.74) is 0. The summed E-state index contributed by atoms with van der Waals surface area (Å²) in [6.45, 7) is 7.94. The van der Waals surface area contributed by atoms with Crippen LogP contribution in [0.3, 0.4) is 0 Å². The molecule has 15 heavy (non-hydrogen) atoms. The van der Waals surface area contributed by atoms with Crippen LogP contribution in [0.25, 0.3) is 0 Å². The molecule has 86 valence electrons. The third-order valence-corrected chi connectivity index (χ3v) is 3.37. The van der Waals surface area contributed by atoms with Crippen LogP contribution >= 0.6 is 11.3 Å². The van der Waals surface area contributed by atoms with Crippen LogP contribution in [0, 0.1) is 0 Å². The lowest BCUT2D eigenvalue weighted by Crippen LogP contribution is -2.18. The molecule has 1 heterocycles. The van der Waals surface area contributed by atoms with Crippen molar-refractivity contribution in [1.29, 1.82) is 0 Å². The monoisotopic (exact) mass is 227 g/mol. The third-order valence-electron chi connectivity index (χ3n) is 2.14. The van der Waals surface area contributed by atoms with Gasteiger partial charge in [0.2, 0.25) is 0 Å². The summed E-state index contributed by atoms with van der Waals surface area (Å²) in [6, 6.07) is 4.43. The molecule has 0 aromatic carbocycles. The molecule has 0 unspecified atom stereocenters. The SMILES string of the molecule is CCCOCCNCc1ccc(CC)s1. The van der Waals surface area contributed by atoms with E-state index in [1.807, 2.05) is 11.3 Å². The molecule has 1 aromatic rings. The Morgan fingerprint density at radius 3 is 2.67 bits per heavy atom. The summed E-state index contributed by atoms with van der Waals surface area (Å²) in [7, 11) is 0. The van der Waals surface area contributed by atoms with Crippen LogP contribution in [0.5, 0.6) is 0 Å². The molecule has 0 bridgehead atoms. The average Bonchev–Trinajstić information content (AvgIpc) is 2.71. The van der Waals surface area contributed by atoms with Crippen molar-refractivity contribution in [1.82, 2.24) is 5.32 Å². The van der Waals surface area contributed by atoms with Crippen molar-refractivity contribution in [3.05, 3.63) is 21.9 Å². The van der Waals surface area contributed by atoms with Crippen LogP contribution in [0.15, 0.2) is 12.1 Å². The van der Waals surface area contributed by atoms with Crippen LogP contribution in [0.1, 0.15) is 30.0 Å². The third kappa shape index (κ3) is 5.30. The van der Waals surface area contributed by atoms with Gasteiger partial charge in [-0.1, -0.05) is 13.8 Å². The van der Waals surface area contributed by atoms with Gasteiger partial charge in [0, 0.05) is 29.5 Å². The van der Waals surface area contributed by atoms with Gasteiger partial charge in [0.15, 0.2) is 0 Å². The van der Waals surface area contributed by atoms with Crippen LogP contribution in [-0.2, 0) is 17.7 Å². The van der Waals surface area contributed by atoms with E-state index in [9.17, 15) is 0 Å². The lowest BCUT2D eigenvalue weighted by atomic mass is 10.3. The van der Waals surface area contributed by atoms with Gasteiger partial charge in [0.05, 0.1) is 6.61 Å². The molecule has 0 saturated heterocycles. The van der Waals surface area contributed by atoms with Gasteiger partial charge in [-0.2, -0.15) is 0 Å². The van der Waals surface area contributed by atoms with Gasteiger partial charge in [-0.3, -0.25) is 0 Å². The standard InChI is InChI=1S/C12H21NOS/c1-3-8-14-9-7-13-10-12-6-5-11(4-2)15-12/h5-6,13H,3-4,7-10H2,1-2H3. The molecule has 1 rings (SSSR count). The van der Waals surface area contributed by atoms with Crippen molar-refractivity contribution in [3.63, 3.8) is 0 Å². The summed E-state index contributed by atoms with van der Waals surface area (Å²) >= 11 is 1.90. The van der Waals surface area contributed by atoms with Crippen LogP contribution < -0.4 is 5.32 Å². The van der Waals surface area contributed by atoms with Gasteiger partial charge in [-0.05, 0) is 25.0 Å². The molecule has 0 aliphatic rings. The molecule has 0 aliphatic carbocycles. The summed E-state index contributed by atoms with van der Waals surface area (Å²) in [5.74, 6) is 0. The Hall–Kier alpha value is -0.380. The number of hydrogen-bond donors (Lipinski definition) is 1. The molecule has 0 aliphatic heterocycles. The molecular weight excluding hydrogens is 206 g/mol. The predicted octanol–water partition coefficient (Wildman–Crippen LogP) is 2.83. The smallest absolute Gasteiger partial charge is 0.0591 e. The second-order valence-electron chi connectivity index (χ2n) is 3.51. The quantitative estimate of drug-likeness (QED) is 0.690. The van der Waals surface area contributed by atoms with Crippen LogP contribution in [0.2, 0.25) is 0 Å². The van der Waals surface area contributed by atoms with Crippen molar-refractivity contribution in [2.24, 2.45) is 0 Å². The van der Waals surface area contributed by atoms with E-state index in [0.717, 1.165) is 39.1 Å². The summed E-state index contributed by atoms with van der Waals surface area (Å²) < 4.78 is 5.39. The lowest BCUT2D eigenvalue weighted by molar-refractivity contribution is 0.136. The van der Waals surface area contributed by atoms with E-state index in [4.69, 9.17) is 4.74 Å². The topological polar surface area (TPSA) is 21.3 Å². The van der Waals surface area contributed by atoms with Crippen molar-refractivity contribution >= 4 is 11.3 Å². The highest BCUT2D eigenvalue weighted by Crippen LogP contribution is 2.16. The Bertz CT molecular complexity index is 260. The van der Waals surface area contributed by atoms with Gasteiger partial charge < -0.3 is 10.1 Å². The maximum Gasteiger partial charge on any atom is 0.0591 e. The Kier molecular flexibility index (Phi) is 6.64. The first kappa shape index (κ1) is 12.7. The number of ether oxygens (including phenoxy) is 1. The van der Waals surface area contributed by atoms with Gasteiger partial charge in [-0.25, -0.2) is 0 Å². The Labute approximate surface area is 96.7 Å². The Morgan fingerprint density at radius 1 is 1.20 bits per heavy atom. The molecule has 0 radical (unpaired) electrons. The molecule has 0 atom stereocenters. The molecule has 3 heteroatoms. The van der Waals surface area contributed by atoms with E-state index in [-0.39, 0.29) is 0 Å². The molecule has 0 fully saturated rings. The van der Waals surface area contributed by atoms with Gasteiger partial charge in [-0.15, -0.1) is 11.3 Å². The zero-order chi connectivity index (χ0) is 10.9. The number of thiophene rings is 1. The van der Waals surface area contributed by atoms with Crippen molar-refractivity contribution < 1.29 is 4.74 Å². The Morgan fingerprint density at radius 2 is 2.00 bits per heavy atom. The highest BCUT2D eigenvalue weighted by atomic mass is 32.1. The number of nitrogens with one attached hydrogen (secondary N) is 1. The van der Waals surface area contributed by atoms with Crippen molar-refractivity contribution in [2.45, 2.75) is 33.2 Å². The van der Waals surface area contributed by atoms with Gasteiger partial charge in [0.25, 0.3) is 0 Å². The fourth-order valence-corrected chi connectivity index (χ4v) is 2.24. The zero-order valence-electron chi connectivity index (χ0n) is 9.71. The van der Waals surface area contributed by atoms with E-state index >= 15 is 0 Å². The summed E-state index contributed by atoms with van der Waals surface area (Å²) in [6.07, 6.45) is 2.25. The molecule has 2 nitrogen and oxygen atoms in total. The molecule has 0 saturated carbocycles. The fourth-order valence-electron chi connectivity index (χ4n) is 1.31. The lowest BCUT2D eigenvalue weighted by Gasteiger charge is -2.03. The maximum absolute atomic E-state index is 5.39. The number of hydrogen-bond acceptors (Lipinski definition) is 3. The zero-order valence-corrected chi connectivity index (χ0v) is 10.5. The summed E-state index contributed by atoms with van der Waals surface area (Å²) in [4.78, 5) is 2.89. The molecule has 1 aromatic heterocycles. The minimum Gasteiger partial charge on any atom is -0.380 e. The van der Waals surface area contributed by atoms with Crippen molar-refractivity contribution in [2.75, 3.05) is 19.8 Å². The van der Waals surface area contributed by atoms with E-state index in [2.05, 4.69) is 31.3 Å². The largest absolute Gasteiger partial charge is 0.380 e. The van der Waals surface area contributed by atoms with Crippen LogP contribution in [0.4, 0.5) is 0 Å². The normalized spacial score (nSPS) is 10.8. The Balaban J connectivity index is 2.04. The highest BCUT2D eigenvalue weighted by molar-refractivity contribution is 7.11. The first-order valence-electron chi connectivity index (χ1n) is 5.72. The van der Waals surface area contributed by atoms with E-state index < -0.39 is 0 Å². The minimum atomic E-state index is 0.819. The molecule has 1 N–H and O–H groups in total. The molecule has 0 amide bonds. The second kappa shape index (κ2) is 7.85. The maximum atomic E-state index is 5.39. The van der Waals surface area contributed by atoms with Crippen molar-refractivity contribution in [3.8, 4) is 0 Å². The number of aryl methyl sites for hydroxylation is 1. The van der Waals surface area contributed by atoms with Gasteiger partial charge >= 0.3 is 0 Å². The number of rotatable bonds is 8. The molecule has 0 spiro atoms. The summed E-state index contributed by atoms with van der Waals surface area (Å²) in [5, 5.41) is 3.38. The van der Waals surface area contributed by atoms with E-state index in [0.29, 0.717) is 0 Å². The second-order valence-corrected chi connectivity index (χ2v) is 4.76. The predicted molar refractivity (Wildman–Crippen MR) is 66.5 cm³/mol. The highest BCUT2D eigenvalue weighted by Gasteiger charge is 1.97. The van der Waals surface area contributed by atoms with Gasteiger partial charge in [0.1, 0.15) is 0 Å². The molecular formula is C12H21NOS. The van der Waals surface area contributed by atoms with E-state index in [1.165, 1.54) is 9.75 Å². The first-order valence-corrected chi connectivity index (χ1v) is 6.54. The van der Waals surface area contributed by atoms with E-state index in [1.54, 1.807) is 0 Å². The van der Waals surface area contributed by atoms with Crippen LogP contribution in [-0.4, -0.2) is 19.8 Å². The fraction of sp³-hybridized carbons (Fsp3) is 0.667. The first-order chi connectivity index (χ1) is 7.36. The minimum absolute atomic E-state index is 0.819. The average molecular weight is 227 g/mol.